The molecule has 2 atom stereocenters. The molecule has 0 aromatic rings. The fourth-order valence-corrected chi connectivity index (χ4v) is 2.14. The summed E-state index contributed by atoms with van der Waals surface area (Å²) in [5.74, 6) is 0. The molecule has 3 heteroatoms. The highest BCUT2D eigenvalue weighted by Gasteiger charge is 2.17. The van der Waals surface area contributed by atoms with E-state index in [-0.39, 0.29) is 0 Å². The highest BCUT2D eigenvalue weighted by Crippen LogP contribution is 2.07. The maximum Gasteiger partial charge on any atom is 0.0619 e. The highest BCUT2D eigenvalue weighted by molar-refractivity contribution is 4.79. The highest BCUT2D eigenvalue weighted by atomic mass is 16.5. The fourth-order valence-electron chi connectivity index (χ4n) is 2.14. The van der Waals surface area contributed by atoms with Gasteiger partial charge in [0.25, 0.3) is 0 Å². The van der Waals surface area contributed by atoms with Crippen molar-refractivity contribution in [3.8, 4) is 0 Å². The third kappa shape index (κ3) is 2.93. The summed E-state index contributed by atoms with van der Waals surface area (Å²) >= 11 is 0. The minimum Gasteiger partial charge on any atom is -0.380 e. The number of hydrogen-bond acceptors (Lipinski definition) is 3. The number of rotatable bonds is 3. The quantitative estimate of drug-likeness (QED) is 0.670. The minimum absolute atomic E-state index is 0.608. The van der Waals surface area contributed by atoms with Crippen molar-refractivity contribution in [1.29, 1.82) is 0 Å². The smallest absolute Gasteiger partial charge is 0.0619 e. The number of hydrogen-bond donors (Lipinski definition) is 2. The van der Waals surface area contributed by atoms with Crippen LogP contribution in [0, 0.1) is 0 Å². The molecule has 0 bridgehead atoms. The zero-order valence-corrected chi connectivity index (χ0v) is 8.22. The predicted octanol–water partition coefficient (Wildman–Crippen LogP) is 0.507. The van der Waals surface area contributed by atoms with Gasteiger partial charge in [-0.2, -0.15) is 0 Å². The van der Waals surface area contributed by atoms with Gasteiger partial charge in [-0.1, -0.05) is 0 Å². The van der Waals surface area contributed by atoms with Crippen LogP contribution in [0.3, 0.4) is 0 Å². The van der Waals surface area contributed by atoms with Crippen LogP contribution in [0.2, 0.25) is 0 Å². The summed E-state index contributed by atoms with van der Waals surface area (Å²) < 4.78 is 5.41. The Balaban J connectivity index is 1.60. The first kappa shape index (κ1) is 9.44. The molecule has 0 saturated carbocycles. The summed E-state index contributed by atoms with van der Waals surface area (Å²) in [5.41, 5.74) is 0. The van der Waals surface area contributed by atoms with E-state index in [1.165, 1.54) is 32.2 Å². The Kier molecular flexibility index (Phi) is 3.58. The number of ether oxygens (including phenoxy) is 1. The predicted molar refractivity (Wildman–Crippen MR) is 52.9 cm³/mol. The second-order valence-electron chi connectivity index (χ2n) is 4.12. The van der Waals surface area contributed by atoms with Crippen LogP contribution in [0.5, 0.6) is 0 Å². The summed E-state index contributed by atoms with van der Waals surface area (Å²) in [4.78, 5) is 0. The van der Waals surface area contributed by atoms with Gasteiger partial charge in [0, 0.05) is 25.2 Å². The molecule has 0 amide bonds. The van der Waals surface area contributed by atoms with Crippen LogP contribution in [0.4, 0.5) is 0 Å². The zero-order valence-electron chi connectivity index (χ0n) is 8.22. The molecule has 76 valence electrons. The van der Waals surface area contributed by atoms with Gasteiger partial charge in [0.05, 0.1) is 6.61 Å². The van der Waals surface area contributed by atoms with Crippen molar-refractivity contribution in [3.05, 3.63) is 0 Å². The van der Waals surface area contributed by atoms with E-state index in [0.29, 0.717) is 12.1 Å². The van der Waals surface area contributed by atoms with Crippen LogP contribution in [-0.2, 0) is 4.74 Å². The van der Waals surface area contributed by atoms with Gasteiger partial charge in [-0.05, 0) is 32.2 Å². The first-order valence-corrected chi connectivity index (χ1v) is 5.49. The van der Waals surface area contributed by atoms with Crippen molar-refractivity contribution in [3.63, 3.8) is 0 Å². The van der Waals surface area contributed by atoms with Crippen molar-refractivity contribution in [2.45, 2.75) is 37.8 Å². The first-order valence-electron chi connectivity index (χ1n) is 5.49. The summed E-state index contributed by atoms with van der Waals surface area (Å²) in [6.45, 7) is 4.19. The Morgan fingerprint density at radius 2 is 2.31 bits per heavy atom. The third-order valence-corrected chi connectivity index (χ3v) is 2.98. The molecule has 2 aliphatic rings. The van der Waals surface area contributed by atoms with Crippen LogP contribution >= 0.6 is 0 Å². The average Bonchev–Trinajstić information content (AvgIpc) is 2.69. The fraction of sp³-hybridized carbons (Fsp3) is 1.00. The third-order valence-electron chi connectivity index (χ3n) is 2.98. The lowest BCUT2D eigenvalue weighted by atomic mass is 10.1. The van der Waals surface area contributed by atoms with Crippen molar-refractivity contribution >= 4 is 0 Å². The molecule has 0 aromatic heterocycles. The van der Waals surface area contributed by atoms with Crippen LogP contribution < -0.4 is 10.6 Å². The molecule has 0 aliphatic carbocycles. The molecule has 2 saturated heterocycles. The number of nitrogens with one attached hydrogen (secondary N) is 2. The van der Waals surface area contributed by atoms with Crippen molar-refractivity contribution in [2.24, 2.45) is 0 Å². The Morgan fingerprint density at radius 1 is 1.31 bits per heavy atom. The standard InChI is InChI=1S/C10H20N2O/c1-3-9(11-5-1)7-12-10-4-2-6-13-8-10/h9-12H,1-8H2. The van der Waals surface area contributed by atoms with E-state index in [0.717, 1.165) is 19.8 Å². The maximum atomic E-state index is 5.41. The van der Waals surface area contributed by atoms with Crippen LogP contribution in [0.1, 0.15) is 25.7 Å². The van der Waals surface area contributed by atoms with Gasteiger partial charge in [0.15, 0.2) is 0 Å². The topological polar surface area (TPSA) is 33.3 Å². The summed E-state index contributed by atoms with van der Waals surface area (Å²) in [5, 5.41) is 7.07. The minimum atomic E-state index is 0.608. The Labute approximate surface area is 80.2 Å². The molecule has 2 rings (SSSR count). The molecular weight excluding hydrogens is 164 g/mol. The second kappa shape index (κ2) is 4.94. The van der Waals surface area contributed by atoms with Crippen molar-refractivity contribution in [1.82, 2.24) is 10.6 Å². The molecule has 2 N–H and O–H groups in total. The van der Waals surface area contributed by atoms with E-state index in [4.69, 9.17) is 4.74 Å². The van der Waals surface area contributed by atoms with E-state index in [2.05, 4.69) is 10.6 Å². The van der Waals surface area contributed by atoms with E-state index in [1.54, 1.807) is 0 Å². The maximum absolute atomic E-state index is 5.41. The first-order chi connectivity index (χ1) is 6.45. The molecule has 13 heavy (non-hydrogen) atoms. The van der Waals surface area contributed by atoms with Gasteiger partial charge < -0.3 is 15.4 Å². The van der Waals surface area contributed by atoms with Crippen LogP contribution in [0.25, 0.3) is 0 Å². The molecule has 2 unspecified atom stereocenters. The largest absolute Gasteiger partial charge is 0.380 e. The summed E-state index contributed by atoms with van der Waals surface area (Å²) in [6, 6.07) is 1.32. The lowest BCUT2D eigenvalue weighted by molar-refractivity contribution is 0.0699. The van der Waals surface area contributed by atoms with E-state index in [1.807, 2.05) is 0 Å². The molecule has 0 radical (unpaired) electrons. The lowest BCUT2D eigenvalue weighted by Gasteiger charge is -2.24. The molecule has 0 spiro atoms. The van der Waals surface area contributed by atoms with E-state index < -0.39 is 0 Å². The van der Waals surface area contributed by atoms with Gasteiger partial charge >= 0.3 is 0 Å². The van der Waals surface area contributed by atoms with Crippen molar-refractivity contribution in [2.75, 3.05) is 26.3 Å². The Hall–Kier alpha value is -0.120. The SMILES string of the molecule is C1CNC(CNC2CCCOC2)C1. The summed E-state index contributed by atoms with van der Waals surface area (Å²) in [6.07, 6.45) is 5.18. The normalized spacial score (nSPS) is 35.1. The van der Waals surface area contributed by atoms with Gasteiger partial charge in [-0.3, -0.25) is 0 Å². The Morgan fingerprint density at radius 3 is 3.00 bits per heavy atom. The van der Waals surface area contributed by atoms with Gasteiger partial charge in [0.2, 0.25) is 0 Å². The average molecular weight is 184 g/mol. The molecule has 3 nitrogen and oxygen atoms in total. The van der Waals surface area contributed by atoms with Gasteiger partial charge in [0.1, 0.15) is 0 Å². The molecule has 0 aromatic carbocycles. The molecular formula is C10H20N2O. The van der Waals surface area contributed by atoms with E-state index in [9.17, 15) is 0 Å². The molecule has 2 heterocycles. The zero-order chi connectivity index (χ0) is 8.93. The lowest BCUT2D eigenvalue weighted by Crippen LogP contribution is -2.43. The van der Waals surface area contributed by atoms with Crippen molar-refractivity contribution < 1.29 is 4.74 Å². The molecule has 2 aliphatic heterocycles. The second-order valence-corrected chi connectivity index (χ2v) is 4.12. The monoisotopic (exact) mass is 184 g/mol. The van der Waals surface area contributed by atoms with Crippen LogP contribution in [-0.4, -0.2) is 38.4 Å². The summed E-state index contributed by atoms with van der Waals surface area (Å²) in [7, 11) is 0. The Bertz CT molecular complexity index is 140. The molecule has 2 fully saturated rings. The van der Waals surface area contributed by atoms with Crippen LogP contribution in [0.15, 0.2) is 0 Å². The van der Waals surface area contributed by atoms with Gasteiger partial charge in [-0.25, -0.2) is 0 Å². The van der Waals surface area contributed by atoms with Gasteiger partial charge in [-0.15, -0.1) is 0 Å². The van der Waals surface area contributed by atoms with E-state index >= 15 is 0 Å².